The third-order valence-corrected chi connectivity index (χ3v) is 9.10. The first kappa shape index (κ1) is 24.1. The zero-order valence-electron chi connectivity index (χ0n) is 22.1. The van der Waals surface area contributed by atoms with Crippen LogP contribution in [-0.2, 0) is 16.9 Å². The van der Waals surface area contributed by atoms with Crippen molar-refractivity contribution in [3.63, 3.8) is 0 Å². The van der Waals surface area contributed by atoms with E-state index in [2.05, 4.69) is 58.5 Å². The van der Waals surface area contributed by atoms with E-state index < -0.39 is 9.84 Å². The van der Waals surface area contributed by atoms with Crippen molar-refractivity contribution < 1.29 is 8.42 Å². The van der Waals surface area contributed by atoms with Crippen molar-refractivity contribution in [3.05, 3.63) is 60.3 Å². The largest absolute Gasteiger partial charge is 0.370 e. The molecule has 4 heterocycles. The SMILES string of the molecule is Cc1nc(-c2ccc(N3CC4(C3)CN(C(C)C)C4)cc2)cc2c1nc(-c1ccc(S(C)(=O)=O)cc1)n2C. The highest BCUT2D eigenvalue weighted by atomic mass is 32.2. The first-order chi connectivity index (χ1) is 17.5. The fraction of sp³-hybridized carbons (Fsp3) is 0.379. The number of fused-ring (bicyclic) bond motifs is 1. The lowest BCUT2D eigenvalue weighted by Gasteiger charge is -2.62. The molecular formula is C29H33N5O2S. The van der Waals surface area contributed by atoms with Crippen LogP contribution in [-0.4, -0.2) is 66.3 Å². The monoisotopic (exact) mass is 515 g/mol. The maximum Gasteiger partial charge on any atom is 0.175 e. The molecule has 2 aromatic heterocycles. The predicted octanol–water partition coefficient (Wildman–Crippen LogP) is 4.54. The van der Waals surface area contributed by atoms with Gasteiger partial charge in [-0.15, -0.1) is 0 Å². The van der Waals surface area contributed by atoms with E-state index in [0.717, 1.165) is 52.5 Å². The summed E-state index contributed by atoms with van der Waals surface area (Å²) in [5.74, 6) is 0.784. The molecule has 2 saturated heterocycles. The van der Waals surface area contributed by atoms with Crippen LogP contribution < -0.4 is 4.90 Å². The van der Waals surface area contributed by atoms with E-state index in [1.54, 1.807) is 12.1 Å². The number of aromatic nitrogens is 3. The third kappa shape index (κ3) is 4.12. The predicted molar refractivity (Wildman–Crippen MR) is 149 cm³/mol. The van der Waals surface area contributed by atoms with Crippen LogP contribution in [0.25, 0.3) is 33.7 Å². The number of imidazole rings is 1. The van der Waals surface area contributed by atoms with Crippen LogP contribution >= 0.6 is 0 Å². The molecule has 7 nitrogen and oxygen atoms in total. The number of benzene rings is 2. The summed E-state index contributed by atoms with van der Waals surface area (Å²) in [7, 11) is -1.25. The number of hydrogen-bond donors (Lipinski definition) is 0. The lowest BCUT2D eigenvalue weighted by Crippen LogP contribution is -2.73. The maximum atomic E-state index is 11.8. The lowest BCUT2D eigenvalue weighted by atomic mass is 9.72. The number of rotatable bonds is 5. The second-order valence-electron chi connectivity index (χ2n) is 11.2. The van der Waals surface area contributed by atoms with Gasteiger partial charge in [0.05, 0.1) is 21.8 Å². The number of hydrogen-bond acceptors (Lipinski definition) is 6. The third-order valence-electron chi connectivity index (χ3n) is 7.97. The molecule has 0 N–H and O–H groups in total. The minimum atomic E-state index is -3.24. The van der Waals surface area contributed by atoms with Crippen LogP contribution in [0.2, 0.25) is 0 Å². The van der Waals surface area contributed by atoms with Gasteiger partial charge in [-0.2, -0.15) is 0 Å². The van der Waals surface area contributed by atoms with Crippen LogP contribution in [0.15, 0.2) is 59.5 Å². The number of sulfone groups is 1. The zero-order chi connectivity index (χ0) is 26.1. The first-order valence-corrected chi connectivity index (χ1v) is 14.7. The summed E-state index contributed by atoms with van der Waals surface area (Å²) >= 11 is 0. The Bertz CT molecular complexity index is 1590. The van der Waals surface area contributed by atoms with Gasteiger partial charge < -0.3 is 9.47 Å². The molecule has 4 aromatic rings. The molecule has 2 aromatic carbocycles. The summed E-state index contributed by atoms with van der Waals surface area (Å²) in [6.07, 6.45) is 1.22. The van der Waals surface area contributed by atoms with Gasteiger partial charge in [0.25, 0.3) is 0 Å². The van der Waals surface area contributed by atoms with Crippen molar-refractivity contribution in [1.29, 1.82) is 0 Å². The average Bonchev–Trinajstić information content (AvgIpc) is 3.14. The molecule has 0 atom stereocenters. The summed E-state index contributed by atoms with van der Waals surface area (Å²) in [4.78, 5) is 15.1. The van der Waals surface area contributed by atoms with Crippen LogP contribution in [0.4, 0.5) is 5.69 Å². The minimum Gasteiger partial charge on any atom is -0.370 e. The Morgan fingerprint density at radius 1 is 0.892 bits per heavy atom. The summed E-state index contributed by atoms with van der Waals surface area (Å²) in [5, 5.41) is 0. The number of nitrogens with zero attached hydrogens (tertiary/aromatic N) is 5. The number of pyridine rings is 1. The number of likely N-dealkylation sites (tertiary alicyclic amines) is 1. The highest BCUT2D eigenvalue weighted by Crippen LogP contribution is 2.43. The lowest BCUT2D eigenvalue weighted by molar-refractivity contribution is -0.0411. The van der Waals surface area contributed by atoms with Crippen molar-refractivity contribution in [3.8, 4) is 22.6 Å². The van der Waals surface area contributed by atoms with Crippen LogP contribution in [0.3, 0.4) is 0 Å². The second-order valence-corrected chi connectivity index (χ2v) is 13.2. The Balaban J connectivity index is 1.24. The van der Waals surface area contributed by atoms with Crippen molar-refractivity contribution in [1.82, 2.24) is 19.4 Å². The summed E-state index contributed by atoms with van der Waals surface area (Å²) in [6, 6.07) is 18.4. The van der Waals surface area contributed by atoms with Crippen LogP contribution in [0, 0.1) is 12.3 Å². The summed E-state index contributed by atoms with van der Waals surface area (Å²) in [6.45, 7) is 11.3. The van der Waals surface area contributed by atoms with E-state index in [4.69, 9.17) is 9.97 Å². The van der Waals surface area contributed by atoms with Gasteiger partial charge in [0.1, 0.15) is 11.3 Å². The van der Waals surface area contributed by atoms with Gasteiger partial charge in [-0.1, -0.05) is 12.1 Å². The van der Waals surface area contributed by atoms with Gasteiger partial charge in [0.15, 0.2) is 9.84 Å². The molecule has 0 unspecified atom stereocenters. The van der Waals surface area contributed by atoms with E-state index >= 15 is 0 Å². The molecule has 6 rings (SSSR count). The fourth-order valence-corrected chi connectivity index (χ4v) is 6.40. The molecule has 0 amide bonds. The quantitative estimate of drug-likeness (QED) is 0.389. The molecule has 37 heavy (non-hydrogen) atoms. The Labute approximate surface area is 218 Å². The molecule has 0 radical (unpaired) electrons. The Morgan fingerprint density at radius 3 is 2.11 bits per heavy atom. The molecule has 0 saturated carbocycles. The molecule has 8 heteroatoms. The molecule has 2 aliphatic rings. The Hall–Kier alpha value is -3.23. The Kier molecular flexibility index (Phi) is 5.47. The average molecular weight is 516 g/mol. The molecule has 2 aliphatic heterocycles. The van der Waals surface area contributed by atoms with E-state index in [9.17, 15) is 8.42 Å². The molecule has 2 fully saturated rings. The van der Waals surface area contributed by atoms with Gasteiger partial charge in [-0.25, -0.2) is 13.4 Å². The maximum absolute atomic E-state index is 11.8. The molecule has 0 bridgehead atoms. The van der Waals surface area contributed by atoms with Gasteiger partial charge in [-0.05, 0) is 63.2 Å². The number of anilines is 1. The van der Waals surface area contributed by atoms with Gasteiger partial charge in [0, 0.05) is 67.8 Å². The van der Waals surface area contributed by atoms with Crippen LogP contribution in [0.5, 0.6) is 0 Å². The molecule has 0 aliphatic carbocycles. The normalized spacial score (nSPS) is 17.4. The smallest absolute Gasteiger partial charge is 0.175 e. The Morgan fingerprint density at radius 2 is 1.51 bits per heavy atom. The standard InChI is InChI=1S/C29H33N5O2S/c1-19(2)33-15-29(16-33)17-34(18-29)23-10-6-21(7-11-23)25-14-26-27(20(3)30-25)31-28(32(26)4)22-8-12-24(13-9-22)37(5,35)36/h6-14,19H,15-18H2,1-5H3. The van der Waals surface area contributed by atoms with Crippen molar-refractivity contribution in [2.75, 3.05) is 37.3 Å². The van der Waals surface area contributed by atoms with Crippen molar-refractivity contribution >= 4 is 26.6 Å². The highest BCUT2D eigenvalue weighted by molar-refractivity contribution is 7.90. The number of aryl methyl sites for hydroxylation is 2. The molecule has 192 valence electrons. The van der Waals surface area contributed by atoms with Gasteiger partial charge >= 0.3 is 0 Å². The topological polar surface area (TPSA) is 71.3 Å². The second kappa shape index (κ2) is 8.39. The zero-order valence-corrected chi connectivity index (χ0v) is 22.9. The van der Waals surface area contributed by atoms with E-state index in [-0.39, 0.29) is 0 Å². The molecular weight excluding hydrogens is 482 g/mol. The van der Waals surface area contributed by atoms with E-state index in [1.165, 1.54) is 25.0 Å². The van der Waals surface area contributed by atoms with Gasteiger partial charge in [-0.3, -0.25) is 9.88 Å². The summed E-state index contributed by atoms with van der Waals surface area (Å²) in [5.41, 5.74) is 7.36. The van der Waals surface area contributed by atoms with Crippen molar-refractivity contribution in [2.24, 2.45) is 12.5 Å². The van der Waals surface area contributed by atoms with Crippen LogP contribution in [0.1, 0.15) is 19.5 Å². The highest BCUT2D eigenvalue weighted by Gasteiger charge is 2.52. The molecule has 1 spiro atoms. The fourth-order valence-electron chi connectivity index (χ4n) is 5.76. The minimum absolute atomic E-state index is 0.303. The van der Waals surface area contributed by atoms with E-state index in [0.29, 0.717) is 16.4 Å². The van der Waals surface area contributed by atoms with Gasteiger partial charge in [0.2, 0.25) is 0 Å². The summed E-state index contributed by atoms with van der Waals surface area (Å²) < 4.78 is 25.7. The van der Waals surface area contributed by atoms with E-state index in [1.807, 2.05) is 26.1 Å². The van der Waals surface area contributed by atoms with Crippen molar-refractivity contribution in [2.45, 2.75) is 31.7 Å². The first-order valence-electron chi connectivity index (χ1n) is 12.8.